The number of rotatable bonds is 40. The second-order valence-electron chi connectivity index (χ2n) is 31.4. The third kappa shape index (κ3) is 27.7. The standard InChI is InChI=1S/C86H118IN11O28S3/c1-14-98(85(111)119-41-49-28-30-50(31-29-49)93-77(105)53(25-23-36-91-83(89)109)94-79(107)65(43(2)3)95-78(106)52(92-48(8)99)24-18-21-34-88)54-42-118-60(39-58(54)113-9)124-74-69(103)66(45(5)121-82(74)123-57-26-17-15-16-20-33-86(112)40-56(101)67(96-84(110)117-13)63(57)51(86)32-37-127-129-59-27-19-22-35-90-59)97-126-61-38-55(100)76(47(7)120-61)128-80(108)62-44(4)64(87)72(75(116-12)71(62)114-10)125-81-70(104)73(115-11)68(102)46(6)122-81/h15-16,19,22,27-32,35,43,45-47,52-55,57-58,60-61,65-66,68-70,73-74,76,81-82,97,100,102-104,108,112,128H,14,18,21,23-25,34,36-42,88H2,1-13H3,(H,92,99)(H,93,105)(H,94,107)(H,95,106)(H,96,110)(H3,89,91,109)/b16-15?,51-32+/t45-,46+,47-,52+,53+,54+,55+,57+,58+,60+,61+,65+,66-,68+,69+,70-,73-,74-,76-,81+,82+,86+/m1/s1. The summed E-state index contributed by atoms with van der Waals surface area (Å²) in [6.07, 6.45) is -14.1. The zero-order chi connectivity index (χ0) is 94.1. The predicted molar refractivity (Wildman–Crippen MR) is 482 cm³/mol. The van der Waals surface area contributed by atoms with Crippen molar-refractivity contribution in [3.8, 4) is 40.9 Å². The summed E-state index contributed by atoms with van der Waals surface area (Å²) in [6.45, 7) is 13.0. The number of halogens is 1. The molecule has 43 heteroatoms. The van der Waals surface area contributed by atoms with Gasteiger partial charge < -0.3 is 135 Å². The number of carbonyl (C=O) groups is 8. The number of hydroxylamine groups is 1. The number of aromatic nitrogens is 1. The van der Waals surface area contributed by atoms with Gasteiger partial charge in [0.1, 0.15) is 71.4 Å². The van der Waals surface area contributed by atoms with E-state index in [0.717, 1.165) is 7.11 Å². The number of hydrogen-bond donors (Lipinski definition) is 16. The number of Topliss-reactive ketones (excluding diaryl/α,β-unsaturated/α-hetero) is 1. The highest BCUT2D eigenvalue weighted by atomic mass is 127. The summed E-state index contributed by atoms with van der Waals surface area (Å²) in [4.78, 5) is 119. The van der Waals surface area contributed by atoms with E-state index in [4.69, 9.17) is 77.9 Å². The van der Waals surface area contributed by atoms with Crippen LogP contribution in [0.3, 0.4) is 0 Å². The number of nitrogens with zero attached hydrogens (tertiary/aromatic N) is 2. The minimum absolute atomic E-state index is 0.0291. The van der Waals surface area contributed by atoms with Crippen LogP contribution in [-0.2, 0) is 82.8 Å². The number of urea groups is 1. The number of aliphatic hydroxyl groups is 6. The molecule has 1 aromatic heterocycles. The number of nitrogens with one attached hydrogen (secondary N) is 7. The van der Waals surface area contributed by atoms with E-state index in [-0.39, 0.29) is 120 Å². The lowest BCUT2D eigenvalue weighted by Crippen LogP contribution is -2.65. The molecule has 6 aliphatic rings. The number of carbonyl (C=O) groups excluding carboxylic acids is 8. The van der Waals surface area contributed by atoms with Crippen LogP contribution in [0.2, 0.25) is 0 Å². The molecule has 17 N–H and O–H groups in total. The number of methoxy groups -OCH3 is 5. The van der Waals surface area contributed by atoms with Crippen LogP contribution in [0.5, 0.6) is 17.2 Å². The monoisotopic (exact) mass is 1980 g/mol. The molecule has 2 aromatic carbocycles. The van der Waals surface area contributed by atoms with Crippen LogP contribution in [0.15, 0.2) is 88.8 Å². The van der Waals surface area contributed by atoms with Crippen molar-refractivity contribution in [2.75, 3.05) is 72.9 Å². The zero-order valence-corrected chi connectivity index (χ0v) is 78.5. The molecular weight excluding hydrogens is 1860 g/mol. The molecule has 8 amide bonds. The number of primary amides is 1. The van der Waals surface area contributed by atoms with Crippen LogP contribution >= 0.6 is 55.5 Å². The molecule has 22 atom stereocenters. The number of anilines is 1. The van der Waals surface area contributed by atoms with Gasteiger partial charge >= 0.3 is 18.2 Å². The molecule has 2 bridgehead atoms. The van der Waals surface area contributed by atoms with E-state index in [1.165, 1.54) is 74.0 Å². The summed E-state index contributed by atoms with van der Waals surface area (Å²) < 4.78 is 80.0. The number of fused-ring (bicyclic) bond motifs is 2. The Bertz CT molecular complexity index is 4620. The molecule has 710 valence electrons. The molecule has 3 aromatic rings. The maximum atomic E-state index is 14.5. The fourth-order valence-corrected chi connectivity index (χ4v) is 18.9. The summed E-state index contributed by atoms with van der Waals surface area (Å²) in [5.74, 6) is 8.25. The van der Waals surface area contributed by atoms with E-state index < -0.39 is 193 Å². The fourth-order valence-electron chi connectivity index (χ4n) is 15.3. The largest absolute Gasteiger partial charge is 0.492 e. The highest BCUT2D eigenvalue weighted by Gasteiger charge is 2.53. The average molecular weight is 1980 g/mol. The summed E-state index contributed by atoms with van der Waals surface area (Å²) in [5, 5.41) is 87.2. The van der Waals surface area contributed by atoms with E-state index in [1.807, 2.05) is 34.7 Å². The Labute approximate surface area is 773 Å². The molecule has 39 nitrogen and oxygen atoms in total. The highest BCUT2D eigenvalue weighted by Crippen LogP contribution is 2.49. The van der Waals surface area contributed by atoms with Crippen molar-refractivity contribution in [2.24, 2.45) is 17.4 Å². The molecule has 4 aliphatic heterocycles. The van der Waals surface area contributed by atoms with Crippen molar-refractivity contribution in [1.29, 1.82) is 0 Å². The average Bonchev–Trinajstić information content (AvgIpc) is 0.748. The van der Waals surface area contributed by atoms with Gasteiger partial charge in [-0.3, -0.25) is 34.1 Å². The number of ether oxygens (including phenoxy) is 13. The molecule has 0 saturated carbocycles. The van der Waals surface area contributed by atoms with Gasteiger partial charge in [-0.15, -0.1) is 0 Å². The van der Waals surface area contributed by atoms with Gasteiger partial charge in [-0.1, -0.05) is 72.6 Å². The van der Waals surface area contributed by atoms with Crippen LogP contribution < -0.4 is 63.1 Å². The van der Waals surface area contributed by atoms with Gasteiger partial charge in [-0.05, 0) is 160 Å². The smallest absolute Gasteiger partial charge is 0.411 e. The number of aliphatic hydroxyl groups excluding tert-OH is 5. The summed E-state index contributed by atoms with van der Waals surface area (Å²) >= 11 is 2.20. The molecule has 4 fully saturated rings. The Morgan fingerprint density at radius 3 is 2.17 bits per heavy atom. The summed E-state index contributed by atoms with van der Waals surface area (Å²) in [7, 11) is 9.26. The first-order chi connectivity index (χ1) is 61.6. The zero-order valence-electron chi connectivity index (χ0n) is 73.8. The third-order valence-electron chi connectivity index (χ3n) is 22.1. The van der Waals surface area contributed by atoms with Gasteiger partial charge in [0.15, 0.2) is 41.8 Å². The Morgan fingerprint density at radius 2 is 1.52 bits per heavy atom. The SMILES string of the molecule is CCN(C(=O)OCc1ccc(NC(=O)[C@H](CCCNC(N)=O)NC(=O)[C@@H](NC(=O)[C@H](CCCCN)NC(C)=O)C(C)C)cc1)[C@H]1CO[C@@H](O[C@H]2[C@H](O[C@H]3C#CC=CC#C[C@]4(O)CC(=O)C(NC(=O)OC)=C3/C4=C\CSSc3ccccn3)O[C@H](C)[C@@H](NO[C@H]3C[C@H](O)[C@H]([SH]=C(O)c4c(C)c(I)c(O[C@@H]5O[C@@H](C)[C@H](O)[C@@H](OC)[C@H]5O)c(OC)c4OC)[C@@H](C)O3)[C@@H]2O)C[C@@H]1OC. The maximum absolute atomic E-state index is 14.5. The lowest BCUT2D eigenvalue weighted by molar-refractivity contribution is -0.337. The molecule has 2 aliphatic carbocycles. The number of thiol groups is 1. The first-order valence-corrected chi connectivity index (χ1v) is 46.3. The maximum Gasteiger partial charge on any atom is 0.411 e. The molecular formula is C86H118IN11O28S3. The van der Waals surface area contributed by atoms with Crippen molar-refractivity contribution >= 4 is 114 Å². The molecule has 4 saturated heterocycles. The van der Waals surface area contributed by atoms with Crippen molar-refractivity contribution in [3.63, 3.8) is 0 Å². The minimum atomic E-state index is -2.21. The van der Waals surface area contributed by atoms with Crippen LogP contribution in [-0.4, -0.2) is 294 Å². The van der Waals surface area contributed by atoms with Crippen molar-refractivity contribution in [3.05, 3.63) is 104 Å². The first kappa shape index (κ1) is 104. The number of alkyl carbamates (subject to hydrolysis) is 1. The number of allylic oxidation sites excluding steroid dienone is 3. The van der Waals surface area contributed by atoms with E-state index in [9.17, 15) is 69.0 Å². The number of pyridine rings is 1. The van der Waals surface area contributed by atoms with Gasteiger partial charge in [0.05, 0.1) is 97.0 Å². The van der Waals surface area contributed by atoms with E-state index >= 15 is 0 Å². The number of likely N-dealkylation sites (N-methyl/N-ethyl adjacent to an activating group) is 1. The quantitative estimate of drug-likeness (QED) is 0.00734. The number of benzene rings is 2. The second kappa shape index (κ2) is 49.9. The van der Waals surface area contributed by atoms with E-state index in [1.54, 1.807) is 91.1 Å². The Morgan fingerprint density at radius 1 is 0.806 bits per heavy atom. The fraction of sp³-hybridized carbons (Fsp3) is 0.581. The van der Waals surface area contributed by atoms with Gasteiger partial charge in [0.25, 0.3) is 0 Å². The first-order valence-electron chi connectivity index (χ1n) is 42.0. The second-order valence-corrected chi connectivity index (χ2v) is 36.1. The third-order valence-corrected chi connectivity index (χ3v) is 27.0. The lowest BCUT2D eigenvalue weighted by Gasteiger charge is -2.47. The molecule has 0 unspecified atom stereocenters. The number of nitrogens with two attached hydrogens (primary N) is 2. The van der Waals surface area contributed by atoms with Gasteiger partial charge in [-0.2, -0.15) is 16.8 Å². The van der Waals surface area contributed by atoms with Crippen molar-refractivity contribution < 1.29 is 135 Å². The number of ketones is 1. The van der Waals surface area contributed by atoms with Crippen LogP contribution in [0.4, 0.5) is 20.1 Å². The normalized spacial score (nSPS) is 27.9. The Balaban J connectivity index is 0.933. The van der Waals surface area contributed by atoms with Crippen molar-refractivity contribution in [2.45, 2.75) is 252 Å². The van der Waals surface area contributed by atoms with Gasteiger partial charge in [0, 0.05) is 75.9 Å². The molecule has 0 radical (unpaired) electrons. The molecule has 129 heavy (non-hydrogen) atoms. The molecule has 5 heterocycles. The number of amides is 8. The molecule has 9 rings (SSSR count). The van der Waals surface area contributed by atoms with Crippen molar-refractivity contribution in [1.82, 2.24) is 41.9 Å². The summed E-state index contributed by atoms with van der Waals surface area (Å²) in [5.41, 5.74) is 12.7. The number of hydrogen-bond acceptors (Lipinski definition) is 32. The van der Waals surface area contributed by atoms with Gasteiger partial charge in [0.2, 0.25) is 35.7 Å². The van der Waals surface area contributed by atoms with Crippen LogP contribution in [0.25, 0.3) is 0 Å². The summed E-state index contributed by atoms with van der Waals surface area (Å²) in [6, 6.07) is 5.61. The van der Waals surface area contributed by atoms with Gasteiger partial charge in [-0.25, -0.2) is 19.4 Å². The van der Waals surface area contributed by atoms with E-state index in [2.05, 4.69) is 66.0 Å². The van der Waals surface area contributed by atoms with Crippen LogP contribution in [0, 0.1) is 40.1 Å². The highest BCUT2D eigenvalue weighted by molar-refractivity contribution is 14.1. The van der Waals surface area contributed by atoms with Crippen LogP contribution in [0.1, 0.15) is 117 Å². The Hall–Kier alpha value is -8.34. The topological polar surface area (TPSA) is 540 Å². The predicted octanol–water partition coefficient (Wildman–Crippen LogP) is 3.70. The lowest BCUT2D eigenvalue weighted by atomic mass is 9.75. The Kier molecular flexibility index (Phi) is 40.4. The minimum Gasteiger partial charge on any atom is -0.492 e. The number of unbranched alkanes of at least 4 members (excludes halogenated alkanes) is 1. The van der Waals surface area contributed by atoms with E-state index in [0.29, 0.717) is 44.8 Å². The molecule has 0 spiro atoms.